The molecule has 1 saturated heterocycles. The molecule has 2 unspecified atom stereocenters. The highest BCUT2D eigenvalue weighted by molar-refractivity contribution is 9.10. The van der Waals surface area contributed by atoms with E-state index in [1.165, 1.54) is 0 Å². The maximum Gasteiger partial charge on any atom is 0.240 e. The highest BCUT2D eigenvalue weighted by Crippen LogP contribution is 2.21. The van der Waals surface area contributed by atoms with Gasteiger partial charge in [-0.1, -0.05) is 15.9 Å². The van der Waals surface area contributed by atoms with E-state index in [1.54, 1.807) is 18.2 Å². The maximum absolute atomic E-state index is 12.3. The van der Waals surface area contributed by atoms with Crippen molar-refractivity contribution in [1.29, 1.82) is 0 Å². The van der Waals surface area contributed by atoms with Crippen molar-refractivity contribution in [3.63, 3.8) is 0 Å². The molecule has 1 heterocycles. The van der Waals surface area contributed by atoms with Gasteiger partial charge in [-0.15, -0.1) is 12.4 Å². The summed E-state index contributed by atoms with van der Waals surface area (Å²) in [5.74, 6) is 0. The van der Waals surface area contributed by atoms with Crippen molar-refractivity contribution in [1.82, 2.24) is 10.0 Å². The van der Waals surface area contributed by atoms with E-state index in [-0.39, 0.29) is 18.4 Å². The summed E-state index contributed by atoms with van der Waals surface area (Å²) in [5, 5.41) is 3.31. The van der Waals surface area contributed by atoms with Crippen LogP contribution in [0.4, 0.5) is 0 Å². The van der Waals surface area contributed by atoms with Gasteiger partial charge in [-0.05, 0) is 57.0 Å². The SMILES string of the molecule is Cc1cc(S(=O)(=O)NC2CCNC(C)C2)ccc1Br.Cl. The summed E-state index contributed by atoms with van der Waals surface area (Å²) in [7, 11) is -3.42. The summed E-state index contributed by atoms with van der Waals surface area (Å²) in [6.45, 7) is 4.81. The van der Waals surface area contributed by atoms with Gasteiger partial charge in [0.25, 0.3) is 0 Å². The van der Waals surface area contributed by atoms with E-state index in [4.69, 9.17) is 0 Å². The van der Waals surface area contributed by atoms with Gasteiger partial charge in [0.15, 0.2) is 0 Å². The molecule has 2 N–H and O–H groups in total. The lowest BCUT2D eigenvalue weighted by molar-refractivity contribution is 0.361. The average molecular weight is 384 g/mol. The number of nitrogens with one attached hydrogen (secondary N) is 2. The monoisotopic (exact) mass is 382 g/mol. The fourth-order valence-corrected chi connectivity index (χ4v) is 3.93. The van der Waals surface area contributed by atoms with E-state index in [9.17, 15) is 8.42 Å². The van der Waals surface area contributed by atoms with Crippen LogP contribution in [0.1, 0.15) is 25.3 Å². The Morgan fingerprint density at radius 1 is 1.40 bits per heavy atom. The highest BCUT2D eigenvalue weighted by Gasteiger charge is 2.24. The lowest BCUT2D eigenvalue weighted by Crippen LogP contribution is -2.46. The first kappa shape index (κ1) is 17.9. The van der Waals surface area contributed by atoms with Crippen molar-refractivity contribution in [2.45, 2.75) is 43.7 Å². The molecule has 0 amide bonds. The van der Waals surface area contributed by atoms with E-state index in [2.05, 4.69) is 32.9 Å². The molecule has 1 fully saturated rings. The number of hydrogen-bond donors (Lipinski definition) is 2. The third-order valence-corrected chi connectivity index (χ3v) is 5.79. The maximum atomic E-state index is 12.3. The minimum absolute atomic E-state index is 0. The Balaban J connectivity index is 0.00000200. The zero-order valence-electron chi connectivity index (χ0n) is 11.5. The molecule has 1 aliphatic rings. The van der Waals surface area contributed by atoms with Crippen LogP contribution in [-0.4, -0.2) is 27.0 Å². The smallest absolute Gasteiger partial charge is 0.240 e. The lowest BCUT2D eigenvalue weighted by Gasteiger charge is -2.28. The molecular formula is C13H20BrClN2O2S. The van der Waals surface area contributed by atoms with E-state index in [1.807, 2.05) is 6.92 Å². The molecule has 114 valence electrons. The van der Waals surface area contributed by atoms with Crippen LogP contribution in [-0.2, 0) is 10.0 Å². The molecule has 2 atom stereocenters. The number of rotatable bonds is 3. The topological polar surface area (TPSA) is 58.2 Å². The van der Waals surface area contributed by atoms with Gasteiger partial charge in [0.1, 0.15) is 0 Å². The van der Waals surface area contributed by atoms with E-state index in [0.717, 1.165) is 29.4 Å². The summed E-state index contributed by atoms with van der Waals surface area (Å²) in [6.07, 6.45) is 1.66. The molecule has 0 aliphatic carbocycles. The average Bonchev–Trinajstić information content (AvgIpc) is 2.32. The molecule has 2 rings (SSSR count). The summed E-state index contributed by atoms with van der Waals surface area (Å²) in [4.78, 5) is 0.333. The van der Waals surface area contributed by atoms with Crippen molar-refractivity contribution in [2.24, 2.45) is 0 Å². The van der Waals surface area contributed by atoms with Gasteiger partial charge < -0.3 is 5.32 Å². The fraction of sp³-hybridized carbons (Fsp3) is 0.538. The Hall–Kier alpha value is -0.140. The molecule has 7 heteroatoms. The predicted octanol–water partition coefficient (Wildman–Crippen LogP) is 2.60. The van der Waals surface area contributed by atoms with Gasteiger partial charge in [0.2, 0.25) is 10.0 Å². The molecule has 4 nitrogen and oxygen atoms in total. The summed E-state index contributed by atoms with van der Waals surface area (Å²) >= 11 is 3.38. The molecule has 0 aromatic heterocycles. The first-order valence-corrected chi connectivity index (χ1v) is 8.68. The van der Waals surface area contributed by atoms with Gasteiger partial charge >= 0.3 is 0 Å². The van der Waals surface area contributed by atoms with Gasteiger partial charge in [-0.25, -0.2) is 13.1 Å². The van der Waals surface area contributed by atoms with Crippen LogP contribution in [0.5, 0.6) is 0 Å². The molecule has 1 aromatic rings. The second kappa shape index (κ2) is 7.22. The second-order valence-electron chi connectivity index (χ2n) is 5.11. The number of piperidine rings is 1. The van der Waals surface area contributed by atoms with Crippen LogP contribution in [0, 0.1) is 6.92 Å². The largest absolute Gasteiger partial charge is 0.314 e. The van der Waals surface area contributed by atoms with Crippen LogP contribution >= 0.6 is 28.3 Å². The highest BCUT2D eigenvalue weighted by atomic mass is 79.9. The second-order valence-corrected chi connectivity index (χ2v) is 7.68. The summed E-state index contributed by atoms with van der Waals surface area (Å²) < 4.78 is 28.4. The molecule has 0 spiro atoms. The molecule has 1 aromatic carbocycles. The Morgan fingerprint density at radius 3 is 2.70 bits per heavy atom. The van der Waals surface area contributed by atoms with Crippen LogP contribution < -0.4 is 10.0 Å². The predicted molar refractivity (Wildman–Crippen MR) is 86.9 cm³/mol. The Morgan fingerprint density at radius 2 is 2.10 bits per heavy atom. The van der Waals surface area contributed by atoms with Crippen molar-refractivity contribution < 1.29 is 8.42 Å². The molecule has 1 aliphatic heterocycles. The number of halogens is 2. The fourth-order valence-electron chi connectivity index (χ4n) is 2.31. The van der Waals surface area contributed by atoms with Gasteiger partial charge in [0.05, 0.1) is 4.90 Å². The Labute approximate surface area is 135 Å². The summed E-state index contributed by atoms with van der Waals surface area (Å²) in [6, 6.07) is 5.47. The number of hydrogen-bond acceptors (Lipinski definition) is 3. The zero-order valence-corrected chi connectivity index (χ0v) is 14.7. The van der Waals surface area contributed by atoms with E-state index < -0.39 is 10.0 Å². The zero-order chi connectivity index (χ0) is 14.0. The van der Waals surface area contributed by atoms with Crippen molar-refractivity contribution in [3.05, 3.63) is 28.2 Å². The Kier molecular flexibility index (Phi) is 6.47. The quantitative estimate of drug-likeness (QED) is 0.843. The number of sulfonamides is 1. The minimum atomic E-state index is -3.42. The minimum Gasteiger partial charge on any atom is -0.314 e. The third kappa shape index (κ3) is 4.43. The molecular weight excluding hydrogens is 364 g/mol. The van der Waals surface area contributed by atoms with Crippen LogP contribution in [0.3, 0.4) is 0 Å². The lowest BCUT2D eigenvalue weighted by atomic mass is 10.0. The first-order chi connectivity index (χ1) is 8.88. The number of benzene rings is 1. The van der Waals surface area contributed by atoms with Crippen molar-refractivity contribution in [2.75, 3.05) is 6.54 Å². The normalized spacial score (nSPS) is 23.1. The van der Waals surface area contributed by atoms with Gasteiger partial charge in [-0.3, -0.25) is 0 Å². The van der Waals surface area contributed by atoms with Crippen LogP contribution in [0.25, 0.3) is 0 Å². The van der Waals surface area contributed by atoms with E-state index in [0.29, 0.717) is 10.9 Å². The summed E-state index contributed by atoms with van der Waals surface area (Å²) in [5.41, 5.74) is 0.918. The van der Waals surface area contributed by atoms with Crippen molar-refractivity contribution >= 4 is 38.4 Å². The molecule has 20 heavy (non-hydrogen) atoms. The first-order valence-electron chi connectivity index (χ1n) is 6.40. The van der Waals surface area contributed by atoms with Gasteiger partial charge in [-0.2, -0.15) is 0 Å². The molecule has 0 bridgehead atoms. The molecule has 0 saturated carbocycles. The standard InChI is InChI=1S/C13H19BrN2O2S.ClH/c1-9-7-12(3-4-13(9)14)19(17,18)16-11-5-6-15-10(2)8-11;/h3-4,7,10-11,15-16H,5-6,8H2,1-2H3;1H. The van der Waals surface area contributed by atoms with Crippen LogP contribution in [0.2, 0.25) is 0 Å². The molecule has 0 radical (unpaired) electrons. The Bertz CT molecular complexity index is 565. The van der Waals surface area contributed by atoms with E-state index >= 15 is 0 Å². The van der Waals surface area contributed by atoms with Crippen molar-refractivity contribution in [3.8, 4) is 0 Å². The van der Waals surface area contributed by atoms with Gasteiger partial charge in [0, 0.05) is 16.6 Å². The third-order valence-electron chi connectivity index (χ3n) is 3.39. The number of aryl methyl sites for hydroxylation is 1. The van der Waals surface area contributed by atoms with Crippen LogP contribution in [0.15, 0.2) is 27.6 Å².